The third kappa shape index (κ3) is 6.75. The Hall–Kier alpha value is -1.18. The molecule has 1 saturated heterocycles. The lowest BCUT2D eigenvalue weighted by Crippen LogP contribution is -2.47. The Balaban J connectivity index is 2.25. The minimum atomic E-state index is -0.576. The summed E-state index contributed by atoms with van der Waals surface area (Å²) in [5, 5.41) is 2.63. The lowest BCUT2D eigenvalue weighted by atomic mass is 10.1. The van der Waals surface area contributed by atoms with Gasteiger partial charge in [0, 0.05) is 19.6 Å². The number of nitrogens with two attached hydrogens (primary N) is 1. The topological polar surface area (TPSA) is 87.9 Å². The second-order valence-corrected chi connectivity index (χ2v) is 6.64. The highest BCUT2D eigenvalue weighted by Crippen LogP contribution is 2.12. The molecule has 0 aromatic carbocycles. The Kier molecular flexibility index (Phi) is 9.25. The molecule has 1 aliphatic rings. The van der Waals surface area contributed by atoms with E-state index in [1.54, 1.807) is 4.90 Å². The third-order valence-corrected chi connectivity index (χ3v) is 4.59. The number of rotatable bonds is 10. The molecule has 1 aliphatic heterocycles. The molecule has 0 radical (unpaired) electrons. The zero-order valence-electron chi connectivity index (χ0n) is 15.6. The normalized spacial score (nSPS) is 19.1. The molecule has 1 heterocycles. The molecule has 2 atom stereocenters. The molecule has 1 rings (SSSR count). The maximum absolute atomic E-state index is 12.2. The summed E-state index contributed by atoms with van der Waals surface area (Å²) in [5.74, 6) is -0.297. The van der Waals surface area contributed by atoms with E-state index < -0.39 is 6.04 Å². The first kappa shape index (κ1) is 20.9. The molecule has 7 nitrogen and oxygen atoms in total. The van der Waals surface area contributed by atoms with Crippen molar-refractivity contribution in [2.24, 2.45) is 11.7 Å². The summed E-state index contributed by atoms with van der Waals surface area (Å²) in [4.78, 5) is 28.0. The summed E-state index contributed by atoms with van der Waals surface area (Å²) in [6, 6.07) is -0.576. The molecule has 140 valence electrons. The van der Waals surface area contributed by atoms with Gasteiger partial charge in [-0.15, -0.1) is 0 Å². The zero-order valence-corrected chi connectivity index (χ0v) is 15.6. The van der Waals surface area contributed by atoms with Gasteiger partial charge in [-0.1, -0.05) is 27.7 Å². The first-order chi connectivity index (χ1) is 11.4. The second kappa shape index (κ2) is 10.6. The fourth-order valence-corrected chi connectivity index (χ4v) is 2.67. The van der Waals surface area contributed by atoms with Crippen molar-refractivity contribution in [1.29, 1.82) is 0 Å². The molecule has 0 aliphatic carbocycles. The molecule has 0 aromatic rings. The molecular weight excluding hydrogens is 308 g/mol. The third-order valence-electron chi connectivity index (χ3n) is 4.59. The van der Waals surface area contributed by atoms with E-state index in [4.69, 9.17) is 10.5 Å². The summed E-state index contributed by atoms with van der Waals surface area (Å²) in [7, 11) is 0. The van der Waals surface area contributed by atoms with Crippen LogP contribution in [0.3, 0.4) is 0 Å². The summed E-state index contributed by atoms with van der Waals surface area (Å²) < 4.78 is 5.87. The van der Waals surface area contributed by atoms with Gasteiger partial charge in [0.2, 0.25) is 11.8 Å². The molecule has 7 heteroatoms. The van der Waals surface area contributed by atoms with Gasteiger partial charge < -0.3 is 25.6 Å². The molecular formula is C17H34N4O3. The number of carbonyl (C=O) groups excluding carboxylic acids is 2. The van der Waals surface area contributed by atoms with Crippen LogP contribution in [0.15, 0.2) is 0 Å². The van der Waals surface area contributed by atoms with Crippen molar-refractivity contribution in [3.63, 3.8) is 0 Å². The van der Waals surface area contributed by atoms with Crippen molar-refractivity contribution >= 4 is 11.8 Å². The minimum Gasteiger partial charge on any atom is -0.375 e. The number of hydrogen-bond donors (Lipinski definition) is 2. The van der Waals surface area contributed by atoms with E-state index in [1.807, 2.05) is 13.8 Å². The first-order valence-electron chi connectivity index (χ1n) is 9.04. The number of nitrogens with zero attached hydrogens (tertiary/aromatic N) is 2. The summed E-state index contributed by atoms with van der Waals surface area (Å²) in [6.07, 6.45) is 0.946. The van der Waals surface area contributed by atoms with Gasteiger partial charge >= 0.3 is 0 Å². The number of hydrogen-bond acceptors (Lipinski definition) is 5. The van der Waals surface area contributed by atoms with Gasteiger partial charge in [-0.25, -0.2) is 0 Å². The van der Waals surface area contributed by atoms with Crippen LogP contribution in [0.4, 0.5) is 0 Å². The number of amides is 2. The van der Waals surface area contributed by atoms with Crippen molar-refractivity contribution in [3.05, 3.63) is 0 Å². The Morgan fingerprint density at radius 1 is 1.33 bits per heavy atom. The standard InChI is InChI=1S/C17H34N4O3/c1-5-20(6-2)9-10-24-14-7-8-21(12-14)15(22)11-19-17(23)16(18)13(3)4/h13-14,16H,5-12,18H2,1-4H3,(H,19,23)/t14?,16-/m0/s1. The number of nitrogens with one attached hydrogen (secondary N) is 1. The number of likely N-dealkylation sites (tertiary alicyclic amines) is 1. The molecule has 24 heavy (non-hydrogen) atoms. The molecule has 2 amide bonds. The van der Waals surface area contributed by atoms with E-state index in [0.717, 1.165) is 26.1 Å². The lowest BCUT2D eigenvalue weighted by Gasteiger charge is -2.20. The number of likely N-dealkylation sites (N-methyl/N-ethyl adjacent to an activating group) is 1. The first-order valence-corrected chi connectivity index (χ1v) is 9.04. The Morgan fingerprint density at radius 2 is 2.00 bits per heavy atom. The predicted octanol–water partition coefficient (Wildman–Crippen LogP) is 0.0452. The van der Waals surface area contributed by atoms with Crippen LogP contribution in [-0.2, 0) is 14.3 Å². The van der Waals surface area contributed by atoms with Gasteiger partial charge in [0.05, 0.1) is 25.3 Å². The summed E-state index contributed by atoms with van der Waals surface area (Å²) >= 11 is 0. The van der Waals surface area contributed by atoms with Gasteiger partial charge in [-0.2, -0.15) is 0 Å². The van der Waals surface area contributed by atoms with E-state index in [2.05, 4.69) is 24.1 Å². The fraction of sp³-hybridized carbons (Fsp3) is 0.882. The Bertz CT molecular complexity index is 399. The molecule has 0 bridgehead atoms. The average Bonchev–Trinajstić information content (AvgIpc) is 3.04. The van der Waals surface area contributed by atoms with Crippen molar-refractivity contribution < 1.29 is 14.3 Å². The molecule has 1 unspecified atom stereocenters. The van der Waals surface area contributed by atoms with Gasteiger partial charge in [0.1, 0.15) is 0 Å². The van der Waals surface area contributed by atoms with Crippen LogP contribution >= 0.6 is 0 Å². The van der Waals surface area contributed by atoms with Gasteiger partial charge in [-0.05, 0) is 25.4 Å². The average molecular weight is 342 g/mol. The van der Waals surface area contributed by atoms with Crippen LogP contribution in [-0.4, -0.2) is 79.6 Å². The van der Waals surface area contributed by atoms with Crippen LogP contribution in [0, 0.1) is 5.92 Å². The highest BCUT2D eigenvalue weighted by atomic mass is 16.5. The zero-order chi connectivity index (χ0) is 18.1. The van der Waals surface area contributed by atoms with Gasteiger partial charge in [-0.3, -0.25) is 9.59 Å². The van der Waals surface area contributed by atoms with Crippen LogP contribution in [0.5, 0.6) is 0 Å². The smallest absolute Gasteiger partial charge is 0.242 e. The number of carbonyl (C=O) groups is 2. The maximum Gasteiger partial charge on any atom is 0.242 e. The maximum atomic E-state index is 12.2. The van der Waals surface area contributed by atoms with Crippen LogP contribution in [0.1, 0.15) is 34.1 Å². The number of ether oxygens (including phenoxy) is 1. The highest BCUT2D eigenvalue weighted by molar-refractivity contribution is 5.87. The molecule has 0 aromatic heterocycles. The van der Waals surface area contributed by atoms with Crippen molar-refractivity contribution in [1.82, 2.24) is 15.1 Å². The minimum absolute atomic E-state index is 0.00538. The van der Waals surface area contributed by atoms with E-state index >= 15 is 0 Å². The van der Waals surface area contributed by atoms with E-state index in [-0.39, 0.29) is 30.4 Å². The summed E-state index contributed by atoms with van der Waals surface area (Å²) in [5.41, 5.74) is 5.76. The van der Waals surface area contributed by atoms with E-state index in [0.29, 0.717) is 19.7 Å². The molecule has 3 N–H and O–H groups in total. The van der Waals surface area contributed by atoms with Crippen molar-refractivity contribution in [2.45, 2.75) is 46.3 Å². The molecule has 0 spiro atoms. The van der Waals surface area contributed by atoms with Gasteiger partial charge in [0.25, 0.3) is 0 Å². The monoisotopic (exact) mass is 342 g/mol. The quantitative estimate of drug-likeness (QED) is 0.585. The van der Waals surface area contributed by atoms with E-state index in [9.17, 15) is 9.59 Å². The fourth-order valence-electron chi connectivity index (χ4n) is 2.67. The lowest BCUT2D eigenvalue weighted by molar-refractivity contribution is -0.133. The van der Waals surface area contributed by atoms with Crippen molar-refractivity contribution in [2.75, 3.05) is 45.9 Å². The Labute approximate surface area is 145 Å². The molecule has 1 fully saturated rings. The molecule has 0 saturated carbocycles. The van der Waals surface area contributed by atoms with E-state index in [1.165, 1.54) is 0 Å². The predicted molar refractivity (Wildman–Crippen MR) is 94.5 cm³/mol. The van der Waals surface area contributed by atoms with Crippen molar-refractivity contribution in [3.8, 4) is 0 Å². The largest absolute Gasteiger partial charge is 0.375 e. The van der Waals surface area contributed by atoms with Gasteiger partial charge in [0.15, 0.2) is 0 Å². The second-order valence-electron chi connectivity index (χ2n) is 6.64. The van der Waals surface area contributed by atoms with Crippen LogP contribution < -0.4 is 11.1 Å². The highest BCUT2D eigenvalue weighted by Gasteiger charge is 2.27. The van der Waals surface area contributed by atoms with Crippen LogP contribution in [0.2, 0.25) is 0 Å². The van der Waals surface area contributed by atoms with Crippen LogP contribution in [0.25, 0.3) is 0 Å². The summed E-state index contributed by atoms with van der Waals surface area (Å²) in [6.45, 7) is 13.0. The Morgan fingerprint density at radius 3 is 2.58 bits per heavy atom. The SMILES string of the molecule is CCN(CC)CCOC1CCN(C(=O)CNC(=O)[C@@H](N)C(C)C)C1.